The van der Waals surface area contributed by atoms with Crippen LogP contribution >= 0.6 is 0 Å². The molecular formula is C19H36N2O9. The number of carbonyl (C=O) groups is 3. The summed E-state index contributed by atoms with van der Waals surface area (Å²) in [6.45, 7) is 6.08. The van der Waals surface area contributed by atoms with Gasteiger partial charge in [-0.1, -0.05) is 0 Å². The first kappa shape index (κ1) is 28.1. The Hall–Kier alpha value is -1.95. The van der Waals surface area contributed by atoms with Gasteiger partial charge < -0.3 is 39.4 Å². The SMILES string of the molecule is COCC(COC)(COCCNC(=O)[C@H](CCC(=O)O)NC(=O)OC(C)(C)C)OC. The van der Waals surface area contributed by atoms with Crippen LogP contribution in [-0.4, -0.2) is 94.6 Å². The van der Waals surface area contributed by atoms with Crippen LogP contribution < -0.4 is 10.6 Å². The van der Waals surface area contributed by atoms with Crippen LogP contribution in [0, 0.1) is 0 Å². The maximum absolute atomic E-state index is 12.4. The van der Waals surface area contributed by atoms with E-state index in [0.29, 0.717) is 0 Å². The molecule has 0 aliphatic rings. The predicted octanol–water partition coefficient (Wildman–Crippen LogP) is 0.555. The number of methoxy groups -OCH3 is 3. The second-order valence-corrected chi connectivity index (χ2v) is 7.73. The lowest BCUT2D eigenvalue weighted by Gasteiger charge is -2.30. The number of carboxylic acids is 1. The van der Waals surface area contributed by atoms with Crippen LogP contribution in [0.5, 0.6) is 0 Å². The minimum absolute atomic E-state index is 0.0737. The van der Waals surface area contributed by atoms with E-state index in [2.05, 4.69) is 10.6 Å². The highest BCUT2D eigenvalue weighted by Crippen LogP contribution is 2.12. The summed E-state index contributed by atoms with van der Waals surface area (Å²) in [6, 6.07) is -1.05. The van der Waals surface area contributed by atoms with Gasteiger partial charge in [-0.05, 0) is 27.2 Å². The van der Waals surface area contributed by atoms with E-state index >= 15 is 0 Å². The van der Waals surface area contributed by atoms with Crippen molar-refractivity contribution in [2.24, 2.45) is 0 Å². The van der Waals surface area contributed by atoms with Crippen LogP contribution in [0.2, 0.25) is 0 Å². The highest BCUT2D eigenvalue weighted by molar-refractivity contribution is 5.86. The summed E-state index contributed by atoms with van der Waals surface area (Å²) in [4.78, 5) is 35.2. The lowest BCUT2D eigenvalue weighted by atomic mass is 10.1. The van der Waals surface area contributed by atoms with Gasteiger partial charge >= 0.3 is 12.1 Å². The molecule has 0 aliphatic heterocycles. The maximum Gasteiger partial charge on any atom is 0.408 e. The van der Waals surface area contributed by atoms with Crippen molar-refractivity contribution in [2.75, 3.05) is 54.3 Å². The minimum Gasteiger partial charge on any atom is -0.481 e. The van der Waals surface area contributed by atoms with E-state index in [-0.39, 0.29) is 45.8 Å². The lowest BCUT2D eigenvalue weighted by molar-refractivity contribution is -0.140. The zero-order valence-electron chi connectivity index (χ0n) is 18.7. The molecule has 0 heterocycles. The molecule has 0 saturated heterocycles. The number of nitrogens with one attached hydrogen (secondary N) is 2. The second kappa shape index (κ2) is 14.1. The summed E-state index contributed by atoms with van der Waals surface area (Å²) in [7, 11) is 4.61. The van der Waals surface area contributed by atoms with Gasteiger partial charge in [0, 0.05) is 34.3 Å². The Labute approximate surface area is 177 Å². The van der Waals surface area contributed by atoms with E-state index in [4.69, 9.17) is 28.8 Å². The number of rotatable bonds is 15. The van der Waals surface area contributed by atoms with Crippen LogP contribution in [0.15, 0.2) is 0 Å². The predicted molar refractivity (Wildman–Crippen MR) is 107 cm³/mol. The topological polar surface area (TPSA) is 142 Å². The summed E-state index contributed by atoms with van der Waals surface area (Å²) in [6.07, 6.45) is -1.15. The number of amides is 2. The molecule has 3 N–H and O–H groups in total. The Bertz CT molecular complexity index is 529. The van der Waals surface area contributed by atoms with Gasteiger partial charge in [0.15, 0.2) is 0 Å². The molecule has 0 fully saturated rings. The van der Waals surface area contributed by atoms with Gasteiger partial charge in [-0.3, -0.25) is 9.59 Å². The molecule has 0 bridgehead atoms. The van der Waals surface area contributed by atoms with Crippen molar-refractivity contribution in [2.45, 2.75) is 50.9 Å². The Balaban J connectivity index is 4.62. The molecule has 176 valence electrons. The van der Waals surface area contributed by atoms with Crippen molar-refractivity contribution >= 4 is 18.0 Å². The molecule has 2 amide bonds. The van der Waals surface area contributed by atoms with Gasteiger partial charge in [0.1, 0.15) is 17.2 Å². The number of hydrogen-bond donors (Lipinski definition) is 3. The third-order valence-electron chi connectivity index (χ3n) is 3.81. The number of aliphatic carboxylic acids is 1. The molecule has 0 spiro atoms. The standard InChI is InChI=1S/C19H36N2O9/c1-18(2,3)30-17(25)21-14(7-8-15(22)23)16(24)20-9-10-29-13-19(28-6,11-26-4)12-27-5/h14H,7-13H2,1-6H3,(H,20,24)(H,21,25)(H,22,23)/t14-/m0/s1. The fourth-order valence-corrected chi connectivity index (χ4v) is 2.44. The molecule has 0 aromatic carbocycles. The first-order chi connectivity index (χ1) is 14.0. The molecule has 30 heavy (non-hydrogen) atoms. The smallest absolute Gasteiger partial charge is 0.408 e. The zero-order chi connectivity index (χ0) is 23.2. The highest BCUT2D eigenvalue weighted by atomic mass is 16.6. The molecule has 11 nitrogen and oxygen atoms in total. The normalized spacial score (nSPS) is 12.9. The molecule has 1 atom stereocenters. The van der Waals surface area contributed by atoms with Crippen LogP contribution in [-0.2, 0) is 33.3 Å². The van der Waals surface area contributed by atoms with Gasteiger partial charge in [-0.25, -0.2) is 4.79 Å². The Kier molecular flexibility index (Phi) is 13.2. The van der Waals surface area contributed by atoms with Crippen LogP contribution in [0.4, 0.5) is 4.79 Å². The van der Waals surface area contributed by atoms with Crippen LogP contribution in [0.3, 0.4) is 0 Å². The third kappa shape index (κ3) is 12.6. The van der Waals surface area contributed by atoms with Crippen molar-refractivity contribution in [3.63, 3.8) is 0 Å². The van der Waals surface area contributed by atoms with Crippen molar-refractivity contribution in [1.29, 1.82) is 0 Å². The summed E-state index contributed by atoms with van der Waals surface area (Å²) < 4.78 is 26.4. The Morgan fingerprint density at radius 3 is 2.07 bits per heavy atom. The average Bonchev–Trinajstić information content (AvgIpc) is 2.63. The molecular weight excluding hydrogens is 400 g/mol. The van der Waals surface area contributed by atoms with Gasteiger partial charge in [0.05, 0.1) is 26.4 Å². The van der Waals surface area contributed by atoms with E-state index in [9.17, 15) is 14.4 Å². The minimum atomic E-state index is -1.07. The lowest BCUT2D eigenvalue weighted by Crippen LogP contribution is -2.49. The van der Waals surface area contributed by atoms with Gasteiger partial charge in [-0.2, -0.15) is 0 Å². The summed E-state index contributed by atoms with van der Waals surface area (Å²) in [5, 5.41) is 13.9. The van der Waals surface area contributed by atoms with E-state index in [1.807, 2.05) is 0 Å². The Morgan fingerprint density at radius 1 is 1.00 bits per heavy atom. The highest BCUT2D eigenvalue weighted by Gasteiger charge is 2.31. The van der Waals surface area contributed by atoms with Crippen molar-refractivity contribution in [3.05, 3.63) is 0 Å². The second-order valence-electron chi connectivity index (χ2n) is 7.73. The van der Waals surface area contributed by atoms with E-state index in [0.717, 1.165) is 0 Å². The summed E-state index contributed by atoms with van der Waals surface area (Å²) in [5.41, 5.74) is -1.51. The monoisotopic (exact) mass is 436 g/mol. The van der Waals surface area contributed by atoms with Crippen LogP contribution in [0.25, 0.3) is 0 Å². The summed E-state index contributed by atoms with van der Waals surface area (Å²) in [5.74, 6) is -1.60. The fourth-order valence-electron chi connectivity index (χ4n) is 2.44. The molecule has 0 aliphatic carbocycles. The first-order valence-corrected chi connectivity index (χ1v) is 9.58. The number of carboxylic acid groups (broad SMARTS) is 1. The molecule has 0 radical (unpaired) electrons. The van der Waals surface area contributed by atoms with E-state index < -0.39 is 35.2 Å². The third-order valence-corrected chi connectivity index (χ3v) is 3.81. The number of hydrogen-bond acceptors (Lipinski definition) is 8. The van der Waals surface area contributed by atoms with Crippen LogP contribution in [0.1, 0.15) is 33.6 Å². The first-order valence-electron chi connectivity index (χ1n) is 9.58. The maximum atomic E-state index is 12.4. The summed E-state index contributed by atoms with van der Waals surface area (Å²) >= 11 is 0. The average molecular weight is 437 g/mol. The van der Waals surface area contributed by atoms with E-state index in [1.54, 1.807) is 35.0 Å². The van der Waals surface area contributed by atoms with Crippen molar-refractivity contribution in [1.82, 2.24) is 10.6 Å². The number of ether oxygens (including phenoxy) is 5. The zero-order valence-corrected chi connectivity index (χ0v) is 18.7. The number of carbonyl (C=O) groups excluding carboxylic acids is 2. The van der Waals surface area contributed by atoms with Gasteiger partial charge in [-0.15, -0.1) is 0 Å². The molecule has 0 aromatic heterocycles. The molecule has 0 saturated carbocycles. The van der Waals surface area contributed by atoms with Gasteiger partial charge in [0.2, 0.25) is 5.91 Å². The molecule has 0 aromatic rings. The van der Waals surface area contributed by atoms with Gasteiger partial charge in [0.25, 0.3) is 0 Å². The fraction of sp³-hybridized carbons (Fsp3) is 0.842. The number of alkyl carbamates (subject to hydrolysis) is 1. The molecule has 0 unspecified atom stereocenters. The van der Waals surface area contributed by atoms with Crippen molar-refractivity contribution < 1.29 is 43.2 Å². The largest absolute Gasteiger partial charge is 0.481 e. The molecule has 11 heteroatoms. The molecule has 0 rings (SSSR count). The van der Waals surface area contributed by atoms with Crippen molar-refractivity contribution in [3.8, 4) is 0 Å². The van der Waals surface area contributed by atoms with E-state index in [1.165, 1.54) is 7.11 Å². The quantitative estimate of drug-likeness (QED) is 0.314. The Morgan fingerprint density at radius 2 is 1.60 bits per heavy atom.